The molecule has 0 aromatic heterocycles. The fraction of sp³-hybridized carbons (Fsp3) is 0.500. The molecule has 718 valence electrons. The lowest BCUT2D eigenvalue weighted by Gasteiger charge is -2.42. The average Bonchev–Trinajstić information content (AvgIpc) is 0.760. The molecule has 2 aliphatic rings. The van der Waals surface area contributed by atoms with E-state index in [4.69, 9.17) is 34.5 Å². The van der Waals surface area contributed by atoms with E-state index in [1.807, 2.05) is 95.3 Å². The van der Waals surface area contributed by atoms with E-state index in [2.05, 4.69) is 378 Å². The highest BCUT2D eigenvalue weighted by molar-refractivity contribution is 6.42. The molecule has 1 saturated heterocycles. The molecule has 10 aromatic rings. The summed E-state index contributed by atoms with van der Waals surface area (Å²) in [6.07, 6.45) is 5.70. The van der Waals surface area contributed by atoms with Gasteiger partial charge in [-0.05, 0) is 270 Å². The molecular weight excluding hydrogens is 1640 g/mol. The van der Waals surface area contributed by atoms with Gasteiger partial charge in [0.05, 0.1) is 22.7 Å². The van der Waals surface area contributed by atoms with Crippen molar-refractivity contribution in [2.75, 3.05) is 24.6 Å². The summed E-state index contributed by atoms with van der Waals surface area (Å²) >= 11 is 11.6. The molecule has 0 atom stereocenters. The smallest absolute Gasteiger partial charge is 0.187 e. The molecule has 1 heterocycles. The van der Waals surface area contributed by atoms with Gasteiger partial charge >= 0.3 is 0 Å². The van der Waals surface area contributed by atoms with Crippen LogP contribution in [0.2, 0.25) is 10.0 Å². The minimum absolute atomic E-state index is 0.163. The molecule has 0 spiro atoms. The number of benzene rings is 10. The monoisotopic (exact) mass is 1820 g/mol. The van der Waals surface area contributed by atoms with Crippen LogP contribution in [0.1, 0.15) is 411 Å². The third-order valence-corrected chi connectivity index (χ3v) is 23.7. The predicted molar refractivity (Wildman–Crippen MR) is 574 cm³/mol. The number of anilines is 1. The van der Waals surface area contributed by atoms with Gasteiger partial charge in [0.2, 0.25) is 0 Å². The second kappa shape index (κ2) is 63.9. The van der Waals surface area contributed by atoms with Crippen molar-refractivity contribution in [2.45, 2.75) is 365 Å². The van der Waals surface area contributed by atoms with Crippen molar-refractivity contribution in [3.8, 4) is 0 Å². The molecule has 3 nitrogen and oxygen atoms in total. The maximum absolute atomic E-state index is 12.6. The van der Waals surface area contributed by atoms with E-state index in [-0.39, 0.29) is 11.7 Å². The summed E-state index contributed by atoms with van der Waals surface area (Å²) in [5.41, 5.74) is 23.6. The van der Waals surface area contributed by atoms with Crippen molar-refractivity contribution in [3.05, 3.63) is 353 Å². The Balaban J connectivity index is 0.00000140. The second-order valence-electron chi connectivity index (χ2n) is 41.4. The SMILES string of the molecule is CC(C)C.CC(C)C(C)(C)C.CC(C)c1ccc(Cl)c(Cl)c1.CC(C)c1ccc(F)c(F)c1.CC(C)c1ccc(F)cc1.CC(C)c1ccc(N2CCCC2)cc1.CC(C)c1ccc2c(c1)C(C)(C)CCC2(C)C.CC(C)c1ccccc1.CCOC(C)C.Cc1ccc(C(C)C)cc1.Cc1ccc(C(C)C)cc1.Cc1cccc(C(C)C)c1.[C-]#[N+]c1ccc(C(C)C)cc1. The average molecular weight is 1820 g/mol. The number of aryl methyl sites for hydroxylation is 3. The van der Waals surface area contributed by atoms with Gasteiger partial charge in [0.15, 0.2) is 17.3 Å². The van der Waals surface area contributed by atoms with E-state index in [9.17, 15) is 13.2 Å². The number of fused-ring (bicyclic) bond motifs is 1. The minimum Gasteiger partial charge on any atom is -0.379 e. The van der Waals surface area contributed by atoms with Crippen molar-refractivity contribution in [3.63, 3.8) is 0 Å². The Kier molecular flexibility index (Phi) is 59.8. The van der Waals surface area contributed by atoms with Gasteiger partial charge in [0.1, 0.15) is 5.82 Å². The summed E-state index contributed by atoms with van der Waals surface area (Å²) in [6, 6.07) is 76.9. The number of rotatable bonds is 13. The Morgan fingerprint density at radius 2 is 0.669 bits per heavy atom. The number of hydrogen-bond acceptors (Lipinski definition) is 2. The normalized spacial score (nSPS) is 12.5. The first-order chi connectivity index (χ1) is 60.5. The largest absolute Gasteiger partial charge is 0.379 e. The van der Waals surface area contributed by atoms with E-state index in [1.54, 1.807) is 17.2 Å². The van der Waals surface area contributed by atoms with Crippen LogP contribution in [0.15, 0.2) is 231 Å². The Labute approximate surface area is 806 Å². The van der Waals surface area contributed by atoms with Gasteiger partial charge in [-0.1, -0.05) is 443 Å². The molecule has 0 amide bonds. The number of ether oxygens (including phenoxy) is 1. The number of hydrogen-bond donors (Lipinski definition) is 0. The van der Waals surface area contributed by atoms with Crippen molar-refractivity contribution in [1.82, 2.24) is 0 Å². The van der Waals surface area contributed by atoms with Crippen LogP contribution < -0.4 is 4.90 Å². The van der Waals surface area contributed by atoms with Gasteiger partial charge in [0.25, 0.3) is 0 Å². The van der Waals surface area contributed by atoms with Crippen LogP contribution >= 0.6 is 23.2 Å². The van der Waals surface area contributed by atoms with Crippen LogP contribution in [0.5, 0.6) is 0 Å². The van der Waals surface area contributed by atoms with Crippen LogP contribution in [0.25, 0.3) is 4.85 Å². The summed E-state index contributed by atoms with van der Waals surface area (Å²) in [4.78, 5) is 5.80. The van der Waals surface area contributed by atoms with Crippen molar-refractivity contribution < 1.29 is 17.9 Å². The molecule has 1 aliphatic carbocycles. The Bertz CT molecular complexity index is 4450. The fourth-order valence-corrected chi connectivity index (χ4v) is 12.9. The molecule has 0 N–H and O–H groups in total. The van der Waals surface area contributed by atoms with Crippen LogP contribution in [0.3, 0.4) is 0 Å². The molecular formula is C122H179Cl2F3N2O. The minimum atomic E-state index is -0.783. The van der Waals surface area contributed by atoms with Crippen molar-refractivity contribution in [1.29, 1.82) is 0 Å². The highest BCUT2D eigenvalue weighted by Crippen LogP contribution is 2.46. The lowest BCUT2D eigenvalue weighted by atomic mass is 9.63. The molecule has 0 unspecified atom stereocenters. The molecule has 10 aromatic carbocycles. The summed E-state index contributed by atoms with van der Waals surface area (Å²) < 4.78 is 42.3. The number of halogens is 5. The van der Waals surface area contributed by atoms with Gasteiger partial charge in [-0.15, -0.1) is 0 Å². The van der Waals surface area contributed by atoms with E-state index < -0.39 is 11.6 Å². The summed E-state index contributed by atoms with van der Waals surface area (Å²) in [5.74, 6) is 5.59. The first-order valence-corrected chi connectivity index (χ1v) is 49.3. The van der Waals surface area contributed by atoms with Gasteiger partial charge in [0, 0.05) is 25.4 Å². The van der Waals surface area contributed by atoms with E-state index in [1.165, 1.54) is 129 Å². The predicted octanol–water partition coefficient (Wildman–Crippen LogP) is 40.0. The van der Waals surface area contributed by atoms with Gasteiger partial charge in [-0.3, -0.25) is 0 Å². The fourth-order valence-electron chi connectivity index (χ4n) is 12.6. The Morgan fingerprint density at radius 1 is 0.354 bits per heavy atom. The number of nitrogens with zero attached hydrogens (tertiary/aromatic N) is 2. The molecule has 0 saturated carbocycles. The summed E-state index contributed by atoms with van der Waals surface area (Å²) in [7, 11) is 0. The molecule has 12 rings (SSSR count). The van der Waals surface area contributed by atoms with Crippen LogP contribution in [-0.4, -0.2) is 25.8 Å². The van der Waals surface area contributed by atoms with Crippen LogP contribution in [0.4, 0.5) is 24.5 Å². The maximum Gasteiger partial charge on any atom is 0.187 e. The highest BCUT2D eigenvalue weighted by Gasteiger charge is 2.37. The molecule has 0 radical (unpaired) electrons. The lowest BCUT2D eigenvalue weighted by Crippen LogP contribution is -2.33. The quantitative estimate of drug-likeness (QED) is 0.107. The Morgan fingerprint density at radius 3 is 0.992 bits per heavy atom. The van der Waals surface area contributed by atoms with Crippen LogP contribution in [-0.2, 0) is 15.6 Å². The van der Waals surface area contributed by atoms with E-state index in [0.29, 0.717) is 85.7 Å². The molecule has 0 bridgehead atoms. The first kappa shape index (κ1) is 122. The standard InChI is InChI=1S/C17H26.C13H19N.C10H11N.3C10H14.C9H10Cl2.C9H10F2.C9H11F.C9H12.C7H16.C5H12O.C4H10/c1-12(2)13-7-8-14-15(11-13)17(5,6)10-9-16(14,3)4;1-11(2)12-5-7-13(8-6-12)14-9-3-4-10-14;1-8(2)9-4-6-10(11-3)7-5-9;2*1-8(2)10-6-4-9(3)5-7-10;1-8(2)10-6-4-5-9(3)7-10;2*1-6(2)7-3-4-8(10)9(11)5-7;1-7(2)8-3-5-9(10)6-4-8;1-8(2)9-6-4-3-5-7-9;1-6(2)7(3,4)5;1-4-6-5(2)3;1-4(2)3/h7-8,11-12H,9-10H2,1-6H3;5-8,11H,3-4,9-10H2,1-2H3;4-8H,1-2H3;3*4-8H,1-3H3;2*3-6H,1-2H3;3-7H,1-2H3;3-8H,1-2H3;6H,1-5H3;5H,4H2,1-3H3;4H,1-3H3. The summed E-state index contributed by atoms with van der Waals surface area (Å²) in [5, 5.41) is 1.26. The molecule has 8 heteroatoms. The van der Waals surface area contributed by atoms with E-state index >= 15 is 0 Å². The third-order valence-electron chi connectivity index (χ3n) is 22.9. The zero-order chi connectivity index (χ0) is 99.5. The highest BCUT2D eigenvalue weighted by atomic mass is 35.5. The topological polar surface area (TPSA) is 16.8 Å². The first-order valence-electron chi connectivity index (χ1n) is 48.5. The van der Waals surface area contributed by atoms with Gasteiger partial charge in [-0.25, -0.2) is 18.0 Å². The van der Waals surface area contributed by atoms with Gasteiger partial charge in [-0.2, -0.15) is 0 Å². The molecule has 130 heavy (non-hydrogen) atoms. The maximum atomic E-state index is 12.6. The lowest BCUT2D eigenvalue weighted by molar-refractivity contribution is 0.0899. The summed E-state index contributed by atoms with van der Waals surface area (Å²) in [6.45, 7) is 93.2. The third kappa shape index (κ3) is 52.3. The van der Waals surface area contributed by atoms with Crippen molar-refractivity contribution >= 4 is 34.6 Å². The zero-order valence-electron chi connectivity index (χ0n) is 88.6. The second-order valence-corrected chi connectivity index (χ2v) is 42.2. The van der Waals surface area contributed by atoms with Crippen molar-refractivity contribution in [2.24, 2.45) is 17.3 Å². The van der Waals surface area contributed by atoms with Gasteiger partial charge < -0.3 is 9.64 Å². The van der Waals surface area contributed by atoms with E-state index in [0.717, 1.165) is 35.8 Å². The molecule has 1 aliphatic heterocycles. The Hall–Kier alpha value is -8.18. The zero-order valence-corrected chi connectivity index (χ0v) is 90.1. The van der Waals surface area contributed by atoms with Crippen LogP contribution in [0, 0.1) is 62.0 Å². The molecule has 1 fully saturated rings.